The van der Waals surface area contributed by atoms with Gasteiger partial charge in [0.05, 0.1) is 0 Å². The van der Waals surface area contributed by atoms with Gasteiger partial charge in [-0.1, -0.05) is 54.1 Å². The number of hydrogen-bond donors (Lipinski definition) is 6. The third kappa shape index (κ3) is 5.43. The number of rotatable bonds is 7. The molecule has 0 saturated heterocycles. The van der Waals surface area contributed by atoms with Gasteiger partial charge in [0.1, 0.15) is 35.9 Å². The molecule has 6 heteroatoms. The summed E-state index contributed by atoms with van der Waals surface area (Å²) in [6.45, 7) is 3.76. The minimum atomic E-state index is -1.93. The summed E-state index contributed by atoms with van der Waals surface area (Å²) in [5.41, 5.74) is 3.11. The lowest BCUT2D eigenvalue weighted by Gasteiger charge is -2.26. The summed E-state index contributed by atoms with van der Waals surface area (Å²) in [5, 5.41) is 60.6. The van der Waals surface area contributed by atoms with Crippen molar-refractivity contribution in [3.8, 4) is 0 Å². The number of aliphatic hydroxyl groups excluding tert-OH is 6. The summed E-state index contributed by atoms with van der Waals surface area (Å²) >= 11 is 0. The van der Waals surface area contributed by atoms with Crippen molar-refractivity contribution < 1.29 is 30.6 Å². The van der Waals surface area contributed by atoms with Crippen molar-refractivity contribution in [1.82, 2.24) is 0 Å². The summed E-state index contributed by atoms with van der Waals surface area (Å²) in [6.07, 6.45) is -5.04. The third-order valence-corrected chi connectivity index (χ3v) is 4.45. The first-order valence-electron chi connectivity index (χ1n) is 8.86. The predicted molar refractivity (Wildman–Crippen MR) is 108 cm³/mol. The van der Waals surface area contributed by atoms with Crippen LogP contribution >= 0.6 is 0 Å². The Bertz CT molecular complexity index is 843. The van der Waals surface area contributed by atoms with Crippen LogP contribution in [0.3, 0.4) is 0 Å². The van der Waals surface area contributed by atoms with Crippen molar-refractivity contribution in [1.29, 1.82) is 0 Å². The summed E-state index contributed by atoms with van der Waals surface area (Å²) in [5.74, 6) is -1.15. The second kappa shape index (κ2) is 9.52. The Morgan fingerprint density at radius 2 is 1.29 bits per heavy atom. The summed E-state index contributed by atoms with van der Waals surface area (Å²) < 4.78 is 0. The van der Waals surface area contributed by atoms with E-state index >= 15 is 0 Å². The maximum atomic E-state index is 10.1. The molecule has 0 aromatic heterocycles. The molecule has 2 aromatic carbocycles. The molecule has 2 aromatic rings. The first kappa shape index (κ1) is 21.7. The maximum Gasteiger partial charge on any atom is 0.139 e. The van der Waals surface area contributed by atoms with Gasteiger partial charge in [0.15, 0.2) is 0 Å². The Balaban J connectivity index is 2.13. The molecule has 2 rings (SSSR count). The van der Waals surface area contributed by atoms with Crippen LogP contribution in [0.2, 0.25) is 0 Å². The number of hydrogen-bond acceptors (Lipinski definition) is 6. The molecule has 0 fully saturated rings. The average molecular weight is 386 g/mol. The molecule has 0 radical (unpaired) electrons. The van der Waals surface area contributed by atoms with Gasteiger partial charge in [0, 0.05) is 0 Å². The molecule has 150 valence electrons. The molecule has 0 unspecified atom stereocenters. The van der Waals surface area contributed by atoms with E-state index in [1.807, 2.05) is 26.0 Å². The van der Waals surface area contributed by atoms with Gasteiger partial charge in [-0.15, -0.1) is 0 Å². The van der Waals surface area contributed by atoms with Crippen LogP contribution in [-0.2, 0) is 0 Å². The summed E-state index contributed by atoms with van der Waals surface area (Å²) in [7, 11) is 0. The van der Waals surface area contributed by atoms with Gasteiger partial charge in [0.25, 0.3) is 0 Å². The molecule has 0 spiro atoms. The highest BCUT2D eigenvalue weighted by atomic mass is 16.4. The lowest BCUT2D eigenvalue weighted by Crippen LogP contribution is -2.45. The Kier molecular flexibility index (Phi) is 7.37. The fraction of sp³-hybridized carbons (Fsp3) is 0.273. The zero-order valence-electron chi connectivity index (χ0n) is 15.8. The normalized spacial score (nSPS) is 17.1. The standard InChI is InChI=1S/C22H26O6/c1-13-8-9-16(14(2)10-13)12-18(24)20(26)22(28)21(27)19(25)17(23)11-15-6-4-3-5-7-15/h3-12,19-28H,1-2H3/t19-,20+,21+,22+/m0/s1. The van der Waals surface area contributed by atoms with E-state index in [-0.39, 0.29) is 0 Å². The van der Waals surface area contributed by atoms with Crippen LogP contribution in [0.5, 0.6) is 0 Å². The van der Waals surface area contributed by atoms with E-state index in [0.29, 0.717) is 11.1 Å². The summed E-state index contributed by atoms with van der Waals surface area (Å²) in [6, 6.07) is 14.1. The van der Waals surface area contributed by atoms with Crippen LogP contribution < -0.4 is 0 Å². The molecular formula is C22H26O6. The van der Waals surface area contributed by atoms with E-state index in [2.05, 4.69) is 0 Å². The highest BCUT2D eigenvalue weighted by Gasteiger charge is 2.34. The molecule has 0 amide bonds. The molecule has 4 atom stereocenters. The number of benzene rings is 2. The first-order chi connectivity index (χ1) is 13.2. The van der Waals surface area contributed by atoms with Gasteiger partial charge in [-0.2, -0.15) is 0 Å². The Morgan fingerprint density at radius 1 is 0.750 bits per heavy atom. The molecule has 0 bridgehead atoms. The van der Waals surface area contributed by atoms with E-state index in [0.717, 1.165) is 11.1 Å². The predicted octanol–water partition coefficient (Wildman–Crippen LogP) is 2.25. The van der Waals surface area contributed by atoms with Crippen LogP contribution in [0.25, 0.3) is 12.2 Å². The Labute approximate surface area is 164 Å². The molecule has 0 heterocycles. The minimum absolute atomic E-state index is 0.572. The number of aryl methyl sites for hydroxylation is 2. The fourth-order valence-corrected chi connectivity index (χ4v) is 2.76. The van der Waals surface area contributed by atoms with Crippen molar-refractivity contribution >= 4 is 12.2 Å². The van der Waals surface area contributed by atoms with Crippen molar-refractivity contribution in [2.45, 2.75) is 38.3 Å². The van der Waals surface area contributed by atoms with E-state index in [9.17, 15) is 30.6 Å². The monoisotopic (exact) mass is 386 g/mol. The van der Waals surface area contributed by atoms with Gasteiger partial charge in [0.2, 0.25) is 0 Å². The molecule has 0 aliphatic carbocycles. The SMILES string of the molecule is Cc1ccc(C=C(O)[C@@H](O)[C@@H](O)[C@H](O)[C@@H](O)C(O)=Cc2ccccc2)c(C)c1. The van der Waals surface area contributed by atoms with Crippen molar-refractivity contribution in [3.05, 3.63) is 82.3 Å². The molecule has 6 nitrogen and oxygen atoms in total. The van der Waals surface area contributed by atoms with E-state index in [1.54, 1.807) is 36.4 Å². The topological polar surface area (TPSA) is 121 Å². The maximum absolute atomic E-state index is 10.1. The molecule has 0 aliphatic heterocycles. The van der Waals surface area contributed by atoms with Gasteiger partial charge < -0.3 is 30.6 Å². The van der Waals surface area contributed by atoms with Gasteiger partial charge in [-0.25, -0.2) is 0 Å². The first-order valence-corrected chi connectivity index (χ1v) is 8.86. The molecule has 0 saturated carbocycles. The fourth-order valence-electron chi connectivity index (χ4n) is 2.76. The largest absolute Gasteiger partial charge is 0.509 e. The lowest BCUT2D eigenvalue weighted by atomic mass is 9.98. The summed E-state index contributed by atoms with van der Waals surface area (Å²) in [4.78, 5) is 0. The van der Waals surface area contributed by atoms with E-state index in [1.165, 1.54) is 12.2 Å². The van der Waals surface area contributed by atoms with Crippen molar-refractivity contribution in [3.63, 3.8) is 0 Å². The van der Waals surface area contributed by atoms with Crippen molar-refractivity contribution in [2.24, 2.45) is 0 Å². The Hall–Kier alpha value is -2.64. The van der Waals surface area contributed by atoms with E-state index < -0.39 is 35.9 Å². The highest BCUT2D eigenvalue weighted by Crippen LogP contribution is 2.19. The highest BCUT2D eigenvalue weighted by molar-refractivity contribution is 5.56. The zero-order chi connectivity index (χ0) is 20.8. The average Bonchev–Trinajstić information content (AvgIpc) is 2.68. The molecule has 0 aliphatic rings. The van der Waals surface area contributed by atoms with Gasteiger partial charge in [-0.3, -0.25) is 0 Å². The van der Waals surface area contributed by atoms with Crippen LogP contribution in [0.1, 0.15) is 22.3 Å². The molecular weight excluding hydrogens is 360 g/mol. The smallest absolute Gasteiger partial charge is 0.139 e. The number of aliphatic hydroxyl groups is 6. The van der Waals surface area contributed by atoms with Gasteiger partial charge >= 0.3 is 0 Å². The van der Waals surface area contributed by atoms with Crippen molar-refractivity contribution in [2.75, 3.05) is 0 Å². The zero-order valence-corrected chi connectivity index (χ0v) is 15.8. The molecule has 28 heavy (non-hydrogen) atoms. The van der Waals surface area contributed by atoms with Crippen LogP contribution in [0, 0.1) is 13.8 Å². The second-order valence-electron chi connectivity index (χ2n) is 6.78. The minimum Gasteiger partial charge on any atom is -0.509 e. The van der Waals surface area contributed by atoms with E-state index in [4.69, 9.17) is 0 Å². The van der Waals surface area contributed by atoms with Crippen LogP contribution in [0.4, 0.5) is 0 Å². The third-order valence-electron chi connectivity index (χ3n) is 4.45. The van der Waals surface area contributed by atoms with Crippen LogP contribution in [0.15, 0.2) is 60.0 Å². The van der Waals surface area contributed by atoms with Gasteiger partial charge in [-0.05, 0) is 42.7 Å². The Morgan fingerprint density at radius 3 is 1.82 bits per heavy atom. The molecule has 6 N–H and O–H groups in total. The van der Waals surface area contributed by atoms with Crippen LogP contribution in [-0.4, -0.2) is 55.1 Å². The lowest BCUT2D eigenvalue weighted by molar-refractivity contribution is -0.0996. The second-order valence-corrected chi connectivity index (χ2v) is 6.78. The quantitative estimate of drug-likeness (QED) is 0.406.